The monoisotopic (exact) mass is 487 g/mol. The molecular weight excluding hydrogens is 465 g/mol. The highest BCUT2D eigenvalue weighted by Crippen LogP contribution is 2.26. The molecule has 1 atom stereocenters. The molecule has 2 heterocycles. The van der Waals surface area contributed by atoms with E-state index < -0.39 is 24.5 Å². The maximum Gasteiger partial charge on any atom is 0.338 e. The molecule has 33 heavy (non-hydrogen) atoms. The van der Waals surface area contributed by atoms with Gasteiger partial charge in [-0.25, -0.2) is 9.78 Å². The number of carbonyl (C=O) groups excluding carboxylic acids is 2. The van der Waals surface area contributed by atoms with Crippen molar-refractivity contribution in [3.05, 3.63) is 73.7 Å². The van der Waals surface area contributed by atoms with Gasteiger partial charge in [-0.1, -0.05) is 35.7 Å². The van der Waals surface area contributed by atoms with Gasteiger partial charge in [0.2, 0.25) is 0 Å². The SMILES string of the molecule is CC(NC(=O)COC(=O)c1ccc2c(=O)n3c(nc2c1)CCCCC3)c1ccc(Cl)cc1Cl. The van der Waals surface area contributed by atoms with Gasteiger partial charge in [0.05, 0.1) is 22.5 Å². The smallest absolute Gasteiger partial charge is 0.338 e. The van der Waals surface area contributed by atoms with E-state index in [1.165, 1.54) is 6.07 Å². The first kappa shape index (κ1) is 23.3. The maximum atomic E-state index is 12.8. The molecule has 0 saturated carbocycles. The van der Waals surface area contributed by atoms with Gasteiger partial charge in [-0.15, -0.1) is 0 Å². The standard InChI is InChI=1S/C24H23Cl2N3O4/c1-14(17-9-7-16(25)12-19(17)26)27-22(30)13-33-24(32)15-6-8-18-20(11-15)28-21-5-3-2-4-10-29(21)23(18)31/h6-9,11-12,14H,2-5,10,13H2,1H3,(H,27,30). The zero-order valence-corrected chi connectivity index (χ0v) is 19.6. The number of benzene rings is 2. The van der Waals surface area contributed by atoms with E-state index in [-0.39, 0.29) is 11.1 Å². The number of aromatic nitrogens is 2. The molecule has 2 aromatic carbocycles. The van der Waals surface area contributed by atoms with E-state index in [9.17, 15) is 14.4 Å². The van der Waals surface area contributed by atoms with Gasteiger partial charge in [-0.2, -0.15) is 0 Å². The van der Waals surface area contributed by atoms with Crippen LogP contribution in [0.1, 0.15) is 54.0 Å². The summed E-state index contributed by atoms with van der Waals surface area (Å²) in [5.41, 5.74) is 1.30. The van der Waals surface area contributed by atoms with Gasteiger partial charge in [0.1, 0.15) is 5.82 Å². The number of ether oxygens (including phenoxy) is 1. The minimum Gasteiger partial charge on any atom is -0.452 e. The molecule has 4 rings (SSSR count). The van der Waals surface area contributed by atoms with Crippen LogP contribution in [0.5, 0.6) is 0 Å². The minimum atomic E-state index is -0.666. The van der Waals surface area contributed by atoms with E-state index in [0.29, 0.717) is 33.1 Å². The summed E-state index contributed by atoms with van der Waals surface area (Å²) in [7, 11) is 0. The highest BCUT2D eigenvalue weighted by Gasteiger charge is 2.18. The largest absolute Gasteiger partial charge is 0.452 e. The van der Waals surface area contributed by atoms with Crippen LogP contribution in [-0.4, -0.2) is 28.0 Å². The Morgan fingerprint density at radius 1 is 1.15 bits per heavy atom. The number of fused-ring (bicyclic) bond motifs is 2. The van der Waals surface area contributed by atoms with Crippen LogP contribution >= 0.6 is 23.2 Å². The van der Waals surface area contributed by atoms with Crippen molar-refractivity contribution in [2.45, 2.75) is 45.2 Å². The van der Waals surface area contributed by atoms with Gasteiger partial charge in [0, 0.05) is 23.0 Å². The third kappa shape index (κ3) is 5.20. The molecule has 7 nitrogen and oxygen atoms in total. The van der Waals surface area contributed by atoms with Crippen LogP contribution in [0.4, 0.5) is 0 Å². The Balaban J connectivity index is 1.43. The molecule has 3 aromatic rings. The fraction of sp³-hybridized carbons (Fsp3) is 0.333. The Morgan fingerprint density at radius 3 is 2.76 bits per heavy atom. The summed E-state index contributed by atoms with van der Waals surface area (Å²) in [4.78, 5) is 42.2. The Hall–Kier alpha value is -2.90. The summed E-state index contributed by atoms with van der Waals surface area (Å²) in [6.07, 6.45) is 3.72. The number of amides is 1. The van der Waals surface area contributed by atoms with Crippen LogP contribution in [-0.2, 0) is 22.5 Å². The topological polar surface area (TPSA) is 90.3 Å². The number of carbonyl (C=O) groups is 2. The lowest BCUT2D eigenvalue weighted by molar-refractivity contribution is -0.124. The number of hydrogen-bond donors (Lipinski definition) is 1. The van der Waals surface area contributed by atoms with Crippen LogP contribution in [0, 0.1) is 0 Å². The highest BCUT2D eigenvalue weighted by molar-refractivity contribution is 6.35. The number of nitrogens with one attached hydrogen (secondary N) is 1. The van der Waals surface area contributed by atoms with Crippen molar-refractivity contribution in [3.8, 4) is 0 Å². The molecule has 1 N–H and O–H groups in total. The van der Waals surface area contributed by atoms with Gasteiger partial charge in [-0.3, -0.25) is 14.2 Å². The molecule has 0 bridgehead atoms. The lowest BCUT2D eigenvalue weighted by Crippen LogP contribution is -2.31. The van der Waals surface area contributed by atoms with E-state index in [4.69, 9.17) is 27.9 Å². The van der Waals surface area contributed by atoms with Gasteiger partial charge >= 0.3 is 5.97 Å². The number of esters is 1. The first-order valence-electron chi connectivity index (χ1n) is 10.8. The Kier molecular flexibility index (Phi) is 7.00. The highest BCUT2D eigenvalue weighted by atomic mass is 35.5. The molecule has 1 amide bonds. The third-order valence-corrected chi connectivity index (χ3v) is 6.26. The van der Waals surface area contributed by atoms with E-state index >= 15 is 0 Å². The molecule has 1 aliphatic rings. The van der Waals surface area contributed by atoms with Crippen LogP contribution < -0.4 is 10.9 Å². The van der Waals surface area contributed by atoms with Crippen molar-refractivity contribution in [2.75, 3.05) is 6.61 Å². The molecule has 0 radical (unpaired) electrons. The van der Waals surface area contributed by atoms with Crippen molar-refractivity contribution >= 4 is 46.0 Å². The van der Waals surface area contributed by atoms with Crippen molar-refractivity contribution < 1.29 is 14.3 Å². The van der Waals surface area contributed by atoms with E-state index in [2.05, 4.69) is 10.3 Å². The zero-order valence-electron chi connectivity index (χ0n) is 18.1. The number of rotatable bonds is 5. The number of halogens is 2. The summed E-state index contributed by atoms with van der Waals surface area (Å²) in [6, 6.07) is 9.26. The molecule has 0 fully saturated rings. The number of nitrogens with zero attached hydrogens (tertiary/aromatic N) is 2. The Morgan fingerprint density at radius 2 is 1.97 bits per heavy atom. The molecule has 0 saturated heterocycles. The van der Waals surface area contributed by atoms with Crippen molar-refractivity contribution in [1.29, 1.82) is 0 Å². The summed E-state index contributed by atoms with van der Waals surface area (Å²) in [6.45, 7) is 1.98. The van der Waals surface area contributed by atoms with Gasteiger partial charge < -0.3 is 10.1 Å². The summed E-state index contributed by atoms with van der Waals surface area (Å²) in [5.74, 6) is -0.393. The second kappa shape index (κ2) is 9.93. The first-order valence-corrected chi connectivity index (χ1v) is 11.5. The van der Waals surface area contributed by atoms with Crippen LogP contribution in [0.25, 0.3) is 10.9 Å². The Labute approximate surface area is 200 Å². The van der Waals surface area contributed by atoms with Gasteiger partial charge in [0.15, 0.2) is 6.61 Å². The normalized spacial score (nSPS) is 14.3. The fourth-order valence-electron chi connectivity index (χ4n) is 3.97. The van der Waals surface area contributed by atoms with E-state index in [0.717, 1.165) is 31.5 Å². The molecule has 9 heteroatoms. The van der Waals surface area contributed by atoms with Crippen LogP contribution in [0.2, 0.25) is 10.0 Å². The maximum absolute atomic E-state index is 12.8. The van der Waals surface area contributed by atoms with Gasteiger partial charge in [-0.05, 0) is 55.7 Å². The summed E-state index contributed by atoms with van der Waals surface area (Å²) in [5, 5.41) is 4.14. The molecule has 0 aliphatic carbocycles. The zero-order chi connectivity index (χ0) is 23.5. The third-order valence-electron chi connectivity index (χ3n) is 5.69. The predicted octanol–water partition coefficient (Wildman–Crippen LogP) is 4.46. The van der Waals surface area contributed by atoms with Crippen LogP contribution in [0.15, 0.2) is 41.2 Å². The average Bonchev–Trinajstić information content (AvgIpc) is 3.03. The van der Waals surface area contributed by atoms with Gasteiger partial charge in [0.25, 0.3) is 11.5 Å². The Bertz CT molecular complexity index is 1290. The molecule has 172 valence electrons. The van der Waals surface area contributed by atoms with E-state index in [1.54, 1.807) is 41.8 Å². The average molecular weight is 488 g/mol. The van der Waals surface area contributed by atoms with Crippen molar-refractivity contribution in [2.24, 2.45) is 0 Å². The number of hydrogen-bond acceptors (Lipinski definition) is 5. The molecule has 1 unspecified atom stereocenters. The molecule has 1 aromatic heterocycles. The molecule has 1 aliphatic heterocycles. The lowest BCUT2D eigenvalue weighted by atomic mass is 10.1. The van der Waals surface area contributed by atoms with Crippen LogP contribution in [0.3, 0.4) is 0 Å². The van der Waals surface area contributed by atoms with Crippen molar-refractivity contribution in [1.82, 2.24) is 14.9 Å². The summed E-state index contributed by atoms with van der Waals surface area (Å²) >= 11 is 12.1. The predicted molar refractivity (Wildman–Crippen MR) is 127 cm³/mol. The first-order chi connectivity index (χ1) is 15.8. The fourth-order valence-corrected chi connectivity index (χ4v) is 4.55. The molecular formula is C24H23Cl2N3O4. The lowest BCUT2D eigenvalue weighted by Gasteiger charge is -2.16. The quantitative estimate of drug-likeness (QED) is 0.536. The molecule has 0 spiro atoms. The van der Waals surface area contributed by atoms with E-state index in [1.807, 2.05) is 0 Å². The second-order valence-corrected chi connectivity index (χ2v) is 8.90. The summed E-state index contributed by atoms with van der Waals surface area (Å²) < 4.78 is 6.90. The minimum absolute atomic E-state index is 0.0916. The van der Waals surface area contributed by atoms with Crippen molar-refractivity contribution in [3.63, 3.8) is 0 Å². The number of aryl methyl sites for hydroxylation is 1. The second-order valence-electron chi connectivity index (χ2n) is 8.06.